The van der Waals surface area contributed by atoms with Crippen LogP contribution < -0.4 is 10.6 Å². The summed E-state index contributed by atoms with van der Waals surface area (Å²) in [5.74, 6) is 0.931. The molecule has 0 radical (unpaired) electrons. The molecule has 0 saturated carbocycles. The largest absolute Gasteiger partial charge is 0.357 e. The average molecular weight is 378 g/mol. The van der Waals surface area contributed by atoms with Crippen LogP contribution in [0.4, 0.5) is 0 Å². The lowest BCUT2D eigenvalue weighted by Gasteiger charge is -2.34. The highest BCUT2D eigenvalue weighted by Gasteiger charge is 2.14. The van der Waals surface area contributed by atoms with Crippen molar-refractivity contribution in [2.75, 3.05) is 58.9 Å². The minimum Gasteiger partial charge on any atom is -0.357 e. The van der Waals surface area contributed by atoms with Crippen molar-refractivity contribution in [3.8, 4) is 0 Å². The first-order valence-electron chi connectivity index (χ1n) is 9.89. The van der Waals surface area contributed by atoms with E-state index in [1.807, 2.05) is 11.8 Å². The Morgan fingerprint density at radius 2 is 1.77 bits per heavy atom. The number of guanidine groups is 1. The summed E-state index contributed by atoms with van der Waals surface area (Å²) < 4.78 is 0. The Kier molecular flexibility index (Phi) is 9.89. The predicted molar refractivity (Wildman–Crippen MR) is 114 cm³/mol. The van der Waals surface area contributed by atoms with Crippen LogP contribution in [0.25, 0.3) is 0 Å². The molecule has 0 amide bonds. The van der Waals surface area contributed by atoms with Gasteiger partial charge in [-0.1, -0.05) is 32.0 Å². The summed E-state index contributed by atoms with van der Waals surface area (Å²) in [6.45, 7) is 16.2. The number of piperazine rings is 1. The summed E-state index contributed by atoms with van der Waals surface area (Å²) >= 11 is 1.88. The lowest BCUT2D eigenvalue weighted by Crippen LogP contribution is -2.49. The maximum Gasteiger partial charge on any atom is 0.191 e. The van der Waals surface area contributed by atoms with Crippen LogP contribution in [0, 0.1) is 0 Å². The van der Waals surface area contributed by atoms with Crippen molar-refractivity contribution in [1.82, 2.24) is 20.4 Å². The molecule has 1 unspecified atom stereocenters. The van der Waals surface area contributed by atoms with Crippen molar-refractivity contribution in [1.29, 1.82) is 0 Å². The zero-order chi connectivity index (χ0) is 18.6. The first-order chi connectivity index (χ1) is 12.7. The van der Waals surface area contributed by atoms with Gasteiger partial charge in [-0.15, -0.1) is 11.8 Å². The summed E-state index contributed by atoms with van der Waals surface area (Å²) in [5, 5.41) is 7.30. The lowest BCUT2D eigenvalue weighted by atomic mass is 10.3. The first-order valence-corrected chi connectivity index (χ1v) is 10.8. The summed E-state index contributed by atoms with van der Waals surface area (Å²) in [7, 11) is 0. The highest BCUT2D eigenvalue weighted by molar-refractivity contribution is 8.00. The molecule has 1 aromatic carbocycles. The Morgan fingerprint density at radius 3 is 2.42 bits per heavy atom. The van der Waals surface area contributed by atoms with E-state index in [1.54, 1.807) is 0 Å². The highest BCUT2D eigenvalue weighted by Crippen LogP contribution is 2.22. The molecule has 1 fully saturated rings. The van der Waals surface area contributed by atoms with E-state index in [9.17, 15) is 0 Å². The second-order valence-corrected chi connectivity index (χ2v) is 8.18. The number of likely N-dealkylation sites (N-methyl/N-ethyl adjacent to an activating group) is 1. The van der Waals surface area contributed by atoms with Crippen molar-refractivity contribution in [2.45, 2.75) is 30.9 Å². The van der Waals surface area contributed by atoms with Crippen LogP contribution in [-0.2, 0) is 0 Å². The maximum atomic E-state index is 4.76. The minimum absolute atomic E-state index is 0.454. The zero-order valence-corrected chi connectivity index (χ0v) is 17.4. The minimum atomic E-state index is 0.454. The molecule has 6 heteroatoms. The third-order valence-corrected chi connectivity index (χ3v) is 5.66. The molecule has 0 aliphatic carbocycles. The lowest BCUT2D eigenvalue weighted by molar-refractivity contribution is 0.139. The summed E-state index contributed by atoms with van der Waals surface area (Å²) in [4.78, 5) is 11.1. The molecule has 0 aromatic heterocycles. The molecule has 1 heterocycles. The van der Waals surface area contributed by atoms with Crippen LogP contribution in [-0.4, -0.2) is 79.9 Å². The number of aliphatic imine (C=N–C) groups is 1. The van der Waals surface area contributed by atoms with Gasteiger partial charge in [-0.2, -0.15) is 0 Å². The Morgan fingerprint density at radius 1 is 1.08 bits per heavy atom. The van der Waals surface area contributed by atoms with E-state index in [2.05, 4.69) is 71.5 Å². The Bertz CT molecular complexity index is 514. The molecular formula is C20H35N5S. The number of rotatable bonds is 9. The second kappa shape index (κ2) is 12.2. The topological polar surface area (TPSA) is 42.9 Å². The molecule has 1 saturated heterocycles. The van der Waals surface area contributed by atoms with Gasteiger partial charge in [0.2, 0.25) is 0 Å². The molecule has 2 N–H and O–H groups in total. The van der Waals surface area contributed by atoms with Crippen LogP contribution in [0.15, 0.2) is 40.2 Å². The van der Waals surface area contributed by atoms with E-state index in [0.29, 0.717) is 5.25 Å². The summed E-state index contributed by atoms with van der Waals surface area (Å²) in [6, 6.07) is 10.6. The van der Waals surface area contributed by atoms with Crippen LogP contribution >= 0.6 is 11.8 Å². The number of hydrogen-bond acceptors (Lipinski definition) is 4. The maximum absolute atomic E-state index is 4.76. The van der Waals surface area contributed by atoms with Gasteiger partial charge in [-0.05, 0) is 25.6 Å². The van der Waals surface area contributed by atoms with Crippen molar-refractivity contribution in [2.24, 2.45) is 4.99 Å². The molecule has 0 bridgehead atoms. The summed E-state index contributed by atoms with van der Waals surface area (Å²) in [6.07, 6.45) is 0. The second-order valence-electron chi connectivity index (χ2n) is 6.66. The Hall–Kier alpha value is -1.24. The number of thioether (sulfide) groups is 1. The molecule has 26 heavy (non-hydrogen) atoms. The SMILES string of the molecule is CCNC(=NCC(C)Sc1ccccc1)NCCN1CCN(CC)CC1. The number of benzene rings is 1. The average Bonchev–Trinajstić information content (AvgIpc) is 2.67. The van der Waals surface area contributed by atoms with Gasteiger partial charge in [0, 0.05) is 56.0 Å². The zero-order valence-electron chi connectivity index (χ0n) is 16.6. The van der Waals surface area contributed by atoms with Crippen LogP contribution in [0.1, 0.15) is 20.8 Å². The smallest absolute Gasteiger partial charge is 0.191 e. The molecule has 1 aliphatic heterocycles. The van der Waals surface area contributed by atoms with Gasteiger partial charge in [-0.3, -0.25) is 9.89 Å². The fourth-order valence-corrected chi connectivity index (χ4v) is 3.92. The van der Waals surface area contributed by atoms with Crippen molar-refractivity contribution in [3.63, 3.8) is 0 Å². The molecular weight excluding hydrogens is 342 g/mol. The van der Waals surface area contributed by atoms with Gasteiger partial charge >= 0.3 is 0 Å². The molecule has 1 atom stereocenters. The molecule has 146 valence electrons. The van der Waals surface area contributed by atoms with Gasteiger partial charge in [-0.25, -0.2) is 0 Å². The molecule has 1 aliphatic rings. The standard InChI is InChI=1S/C20H35N5S/c1-4-21-20(22-11-12-25-15-13-24(5-2)14-16-25)23-17-18(3)26-19-9-7-6-8-10-19/h6-10,18H,4-5,11-17H2,1-3H3,(H2,21,22,23). The van der Waals surface area contributed by atoms with Crippen molar-refractivity contribution < 1.29 is 0 Å². The van der Waals surface area contributed by atoms with Crippen molar-refractivity contribution in [3.05, 3.63) is 30.3 Å². The highest BCUT2D eigenvalue weighted by atomic mass is 32.2. The Labute approximate surface area is 163 Å². The van der Waals surface area contributed by atoms with Crippen LogP contribution in [0.2, 0.25) is 0 Å². The van der Waals surface area contributed by atoms with Crippen LogP contribution in [0.5, 0.6) is 0 Å². The van der Waals surface area contributed by atoms with Crippen molar-refractivity contribution >= 4 is 17.7 Å². The van der Waals surface area contributed by atoms with E-state index >= 15 is 0 Å². The number of nitrogens with one attached hydrogen (secondary N) is 2. The van der Waals surface area contributed by atoms with E-state index in [0.717, 1.165) is 32.1 Å². The first kappa shape index (κ1) is 21.1. The normalized spacial score (nSPS) is 17.9. The van der Waals surface area contributed by atoms with E-state index in [-0.39, 0.29) is 0 Å². The fraction of sp³-hybridized carbons (Fsp3) is 0.650. The number of nitrogens with zero attached hydrogens (tertiary/aromatic N) is 3. The van der Waals surface area contributed by atoms with Crippen LogP contribution in [0.3, 0.4) is 0 Å². The van der Waals surface area contributed by atoms with Gasteiger partial charge in [0.05, 0.1) is 6.54 Å². The predicted octanol–water partition coefficient (Wildman–Crippen LogP) is 2.36. The molecule has 0 spiro atoms. The van der Waals surface area contributed by atoms with E-state index in [4.69, 9.17) is 4.99 Å². The third kappa shape index (κ3) is 7.98. The van der Waals surface area contributed by atoms with Gasteiger partial charge in [0.15, 0.2) is 5.96 Å². The monoisotopic (exact) mass is 377 g/mol. The fourth-order valence-electron chi connectivity index (χ4n) is 2.99. The molecule has 5 nitrogen and oxygen atoms in total. The van der Waals surface area contributed by atoms with E-state index in [1.165, 1.54) is 37.6 Å². The quantitative estimate of drug-likeness (QED) is 0.393. The Balaban J connectivity index is 1.70. The molecule has 1 aromatic rings. The third-order valence-electron chi connectivity index (χ3n) is 4.56. The van der Waals surface area contributed by atoms with Gasteiger partial charge in [0.25, 0.3) is 0 Å². The van der Waals surface area contributed by atoms with Gasteiger partial charge < -0.3 is 15.5 Å². The molecule has 2 rings (SSSR count). The number of hydrogen-bond donors (Lipinski definition) is 2. The summed E-state index contributed by atoms with van der Waals surface area (Å²) in [5.41, 5.74) is 0. The van der Waals surface area contributed by atoms with Gasteiger partial charge in [0.1, 0.15) is 0 Å². The van der Waals surface area contributed by atoms with E-state index < -0.39 is 0 Å².